The molecular formula is C25H16F3N. The number of hydrogen-bond acceptors (Lipinski definition) is 1. The monoisotopic (exact) mass is 387 g/mol. The van der Waals surface area contributed by atoms with E-state index in [1.54, 1.807) is 24.3 Å². The molecule has 0 aromatic heterocycles. The maximum Gasteiger partial charge on any atom is 0.141 e. The Balaban J connectivity index is 1.77. The lowest BCUT2D eigenvalue weighted by Gasteiger charge is -2.10. The minimum atomic E-state index is -0.708. The van der Waals surface area contributed by atoms with Crippen molar-refractivity contribution in [1.29, 1.82) is 5.26 Å². The van der Waals surface area contributed by atoms with Crippen molar-refractivity contribution in [3.05, 3.63) is 95.3 Å². The zero-order chi connectivity index (χ0) is 20.5. The maximum atomic E-state index is 15.1. The fourth-order valence-electron chi connectivity index (χ4n) is 3.47. The van der Waals surface area contributed by atoms with Gasteiger partial charge in [0.15, 0.2) is 0 Å². The van der Waals surface area contributed by atoms with Gasteiger partial charge in [0.1, 0.15) is 23.5 Å². The average Bonchev–Trinajstić information content (AvgIpc) is 2.73. The molecule has 142 valence electrons. The zero-order valence-corrected chi connectivity index (χ0v) is 15.6. The topological polar surface area (TPSA) is 23.8 Å². The van der Waals surface area contributed by atoms with Gasteiger partial charge < -0.3 is 0 Å². The Labute approximate surface area is 166 Å². The molecule has 1 nitrogen and oxygen atoms in total. The summed E-state index contributed by atoms with van der Waals surface area (Å²) in [4.78, 5) is 0. The zero-order valence-electron chi connectivity index (χ0n) is 15.6. The Kier molecular flexibility index (Phi) is 4.82. The first-order valence-electron chi connectivity index (χ1n) is 9.23. The van der Waals surface area contributed by atoms with E-state index in [1.165, 1.54) is 24.3 Å². The van der Waals surface area contributed by atoms with Gasteiger partial charge >= 0.3 is 0 Å². The Morgan fingerprint density at radius 2 is 1.45 bits per heavy atom. The summed E-state index contributed by atoms with van der Waals surface area (Å²) in [6.45, 7) is 2.04. The first-order chi connectivity index (χ1) is 14.0. The van der Waals surface area contributed by atoms with Crippen LogP contribution in [-0.2, 0) is 6.42 Å². The summed E-state index contributed by atoms with van der Waals surface area (Å²) in [5.74, 6) is -1.70. The molecule has 0 aliphatic carbocycles. The van der Waals surface area contributed by atoms with Crippen molar-refractivity contribution in [3.8, 4) is 28.3 Å². The average molecular weight is 387 g/mol. The van der Waals surface area contributed by atoms with Crippen LogP contribution in [-0.4, -0.2) is 0 Å². The largest absolute Gasteiger partial charge is 0.206 e. The number of rotatable bonds is 3. The highest BCUT2D eigenvalue weighted by atomic mass is 19.1. The molecule has 0 radical (unpaired) electrons. The van der Waals surface area contributed by atoms with Crippen molar-refractivity contribution >= 4 is 10.8 Å². The molecule has 4 heteroatoms. The van der Waals surface area contributed by atoms with Crippen molar-refractivity contribution in [2.45, 2.75) is 13.3 Å². The predicted molar refractivity (Wildman–Crippen MR) is 109 cm³/mol. The van der Waals surface area contributed by atoms with Crippen molar-refractivity contribution in [2.75, 3.05) is 0 Å². The highest BCUT2D eigenvalue weighted by Crippen LogP contribution is 2.33. The summed E-state index contributed by atoms with van der Waals surface area (Å²) < 4.78 is 43.7. The molecule has 29 heavy (non-hydrogen) atoms. The van der Waals surface area contributed by atoms with Gasteiger partial charge in [-0.15, -0.1) is 0 Å². The Morgan fingerprint density at radius 3 is 2.14 bits per heavy atom. The second kappa shape index (κ2) is 7.44. The number of nitriles is 1. The molecule has 0 fully saturated rings. The molecule has 4 aromatic rings. The van der Waals surface area contributed by atoms with Crippen LogP contribution in [0.2, 0.25) is 0 Å². The van der Waals surface area contributed by atoms with E-state index in [1.807, 2.05) is 25.1 Å². The molecule has 0 atom stereocenters. The van der Waals surface area contributed by atoms with Crippen molar-refractivity contribution in [2.24, 2.45) is 0 Å². The summed E-state index contributed by atoms with van der Waals surface area (Å²) in [6, 6.07) is 19.1. The number of hydrogen-bond donors (Lipinski definition) is 0. The third kappa shape index (κ3) is 3.36. The van der Waals surface area contributed by atoms with Crippen molar-refractivity contribution < 1.29 is 13.2 Å². The van der Waals surface area contributed by atoms with Crippen LogP contribution in [0.3, 0.4) is 0 Å². The van der Waals surface area contributed by atoms with Gasteiger partial charge in [-0.1, -0.05) is 55.5 Å². The Morgan fingerprint density at radius 1 is 0.759 bits per heavy atom. The lowest BCUT2D eigenvalue weighted by molar-refractivity contribution is 0.622. The van der Waals surface area contributed by atoms with E-state index in [0.29, 0.717) is 22.1 Å². The smallest absolute Gasteiger partial charge is 0.141 e. The number of benzene rings is 4. The van der Waals surface area contributed by atoms with E-state index in [-0.39, 0.29) is 11.1 Å². The molecule has 0 saturated carbocycles. The van der Waals surface area contributed by atoms with Crippen molar-refractivity contribution in [1.82, 2.24) is 0 Å². The second-order valence-electron chi connectivity index (χ2n) is 6.84. The third-order valence-corrected chi connectivity index (χ3v) is 5.11. The highest BCUT2D eigenvalue weighted by molar-refractivity contribution is 5.89. The molecule has 0 N–H and O–H groups in total. The lowest BCUT2D eigenvalue weighted by atomic mass is 9.96. The predicted octanol–water partition coefficient (Wildman–Crippen LogP) is 7.03. The number of fused-ring (bicyclic) bond motifs is 1. The quantitative estimate of drug-likeness (QED) is 0.370. The summed E-state index contributed by atoms with van der Waals surface area (Å²) in [6.07, 6.45) is 0.863. The molecular weight excluding hydrogens is 371 g/mol. The van der Waals surface area contributed by atoms with Gasteiger partial charge in [0.25, 0.3) is 0 Å². The molecule has 0 aliphatic rings. The molecule has 0 heterocycles. The Hall–Kier alpha value is -3.58. The first-order valence-corrected chi connectivity index (χ1v) is 9.23. The minimum Gasteiger partial charge on any atom is -0.206 e. The second-order valence-corrected chi connectivity index (χ2v) is 6.84. The Bertz CT molecular complexity index is 1290. The first kappa shape index (κ1) is 18.8. The van der Waals surface area contributed by atoms with Gasteiger partial charge in [0.2, 0.25) is 0 Å². The van der Waals surface area contributed by atoms with E-state index < -0.39 is 17.5 Å². The van der Waals surface area contributed by atoms with Crippen LogP contribution < -0.4 is 0 Å². The fraction of sp³-hybridized carbons (Fsp3) is 0.0800. The molecule has 0 amide bonds. The summed E-state index contributed by atoms with van der Waals surface area (Å²) >= 11 is 0. The molecule has 0 aliphatic heterocycles. The van der Waals surface area contributed by atoms with Gasteiger partial charge in [-0.25, -0.2) is 13.2 Å². The van der Waals surface area contributed by atoms with E-state index >= 15 is 4.39 Å². The normalized spacial score (nSPS) is 10.9. The van der Waals surface area contributed by atoms with Gasteiger partial charge in [-0.2, -0.15) is 5.26 Å². The number of aryl methyl sites for hydroxylation is 1. The van der Waals surface area contributed by atoms with Crippen LogP contribution in [0.5, 0.6) is 0 Å². The van der Waals surface area contributed by atoms with Crippen LogP contribution in [0.4, 0.5) is 13.2 Å². The highest BCUT2D eigenvalue weighted by Gasteiger charge is 2.14. The van der Waals surface area contributed by atoms with Crippen LogP contribution >= 0.6 is 0 Å². The molecule has 4 aromatic carbocycles. The number of nitrogens with zero attached hydrogens (tertiary/aromatic N) is 1. The van der Waals surface area contributed by atoms with E-state index in [0.717, 1.165) is 23.4 Å². The minimum absolute atomic E-state index is 0.102. The van der Waals surface area contributed by atoms with Crippen LogP contribution in [0.1, 0.15) is 18.1 Å². The van der Waals surface area contributed by atoms with E-state index in [4.69, 9.17) is 5.26 Å². The maximum absolute atomic E-state index is 15.1. The molecule has 0 unspecified atom stereocenters. The van der Waals surface area contributed by atoms with Gasteiger partial charge in [-0.3, -0.25) is 0 Å². The van der Waals surface area contributed by atoms with Gasteiger partial charge in [0, 0.05) is 16.5 Å². The molecule has 4 rings (SSSR count). The lowest BCUT2D eigenvalue weighted by Crippen LogP contribution is -1.92. The van der Waals surface area contributed by atoms with Gasteiger partial charge in [0.05, 0.1) is 5.56 Å². The van der Waals surface area contributed by atoms with Crippen LogP contribution in [0.15, 0.2) is 66.7 Å². The van der Waals surface area contributed by atoms with Gasteiger partial charge in [-0.05, 0) is 46.7 Å². The fourth-order valence-corrected chi connectivity index (χ4v) is 3.47. The van der Waals surface area contributed by atoms with E-state index in [2.05, 4.69) is 0 Å². The summed E-state index contributed by atoms with van der Waals surface area (Å²) in [5.41, 5.74) is 2.23. The third-order valence-electron chi connectivity index (χ3n) is 5.11. The molecule has 0 saturated heterocycles. The summed E-state index contributed by atoms with van der Waals surface area (Å²) in [7, 11) is 0. The van der Waals surface area contributed by atoms with Crippen molar-refractivity contribution in [3.63, 3.8) is 0 Å². The van der Waals surface area contributed by atoms with Crippen LogP contribution in [0, 0.1) is 28.8 Å². The van der Waals surface area contributed by atoms with E-state index in [9.17, 15) is 8.78 Å². The summed E-state index contributed by atoms with van der Waals surface area (Å²) in [5, 5.41) is 10.1. The van der Waals surface area contributed by atoms with Crippen LogP contribution in [0.25, 0.3) is 33.0 Å². The molecule has 0 spiro atoms. The number of halogens is 3. The molecule has 0 bridgehead atoms. The SMILES string of the molecule is CCc1ccc2c(F)c(-c3ccc(-c4ccc(C#N)c(F)c4)c(F)c3)ccc2c1. The standard InChI is InChI=1S/C25H16F3N/c1-2-15-3-8-21-16(11-15)7-10-22(25(21)28)18-6-9-20(24(27)13-18)17-4-5-19(14-29)23(26)12-17/h3-13H,2H2,1H3.